The van der Waals surface area contributed by atoms with Gasteiger partial charge in [-0.15, -0.1) is 0 Å². The van der Waals surface area contributed by atoms with Crippen molar-refractivity contribution >= 4 is 11.6 Å². The fourth-order valence-electron chi connectivity index (χ4n) is 5.47. The molecule has 1 spiro atoms. The third-order valence-corrected chi connectivity index (χ3v) is 7.15. The summed E-state index contributed by atoms with van der Waals surface area (Å²) in [5.74, 6) is -0.322. The molecular formula is C26H29N5O4. The second kappa shape index (κ2) is 8.56. The van der Waals surface area contributed by atoms with E-state index < -0.39 is 5.41 Å². The number of nitrogens with two attached hydrogens (primary N) is 1. The minimum Gasteiger partial charge on any atom is -0.440 e. The van der Waals surface area contributed by atoms with Gasteiger partial charge in [0.2, 0.25) is 11.8 Å². The van der Waals surface area contributed by atoms with Gasteiger partial charge in [0.1, 0.15) is 17.4 Å². The summed E-state index contributed by atoms with van der Waals surface area (Å²) < 4.78 is 13.3. The first kappa shape index (κ1) is 23.1. The van der Waals surface area contributed by atoms with E-state index >= 15 is 0 Å². The Morgan fingerprint density at radius 2 is 2.06 bits per heavy atom. The summed E-state index contributed by atoms with van der Waals surface area (Å²) in [6, 6.07) is 11.1. The molecule has 2 unspecified atom stereocenters. The van der Waals surface area contributed by atoms with Gasteiger partial charge in [0.05, 0.1) is 18.2 Å². The summed E-state index contributed by atoms with van der Waals surface area (Å²) in [4.78, 5) is 32.1. The molecule has 1 amide bonds. The molecule has 2 atom stereocenters. The zero-order valence-corrected chi connectivity index (χ0v) is 20.2. The topological polar surface area (TPSA) is 114 Å². The Labute approximate surface area is 203 Å². The van der Waals surface area contributed by atoms with E-state index in [1.165, 1.54) is 0 Å². The average molecular weight is 476 g/mol. The SMILES string of the molecule is Cc1cc2c(c(=O)n1CCN(C)C)C1(C(=O)N(CC3CCCO3)c3ccccc31)C(C#N)=C(N)O2. The summed E-state index contributed by atoms with van der Waals surface area (Å²) in [6.45, 7) is 3.88. The number of aromatic nitrogens is 1. The molecule has 182 valence electrons. The number of fused-ring (bicyclic) bond motifs is 4. The quantitative estimate of drug-likeness (QED) is 0.699. The minimum atomic E-state index is -1.67. The van der Waals surface area contributed by atoms with Crippen LogP contribution in [0.2, 0.25) is 0 Å². The number of carbonyl (C=O) groups is 1. The predicted octanol–water partition coefficient (Wildman–Crippen LogP) is 1.62. The highest BCUT2D eigenvalue weighted by Gasteiger charge is 2.61. The normalized spacial score (nSPS) is 23.0. The lowest BCUT2D eigenvalue weighted by Crippen LogP contribution is -2.51. The fraction of sp³-hybridized carbons (Fsp3) is 0.423. The van der Waals surface area contributed by atoms with Crippen LogP contribution in [0.15, 0.2) is 46.6 Å². The van der Waals surface area contributed by atoms with Crippen molar-refractivity contribution in [3.8, 4) is 11.8 Å². The van der Waals surface area contributed by atoms with Crippen LogP contribution >= 0.6 is 0 Å². The number of amides is 1. The highest BCUT2D eigenvalue weighted by atomic mass is 16.5. The molecule has 5 rings (SSSR count). The molecule has 9 nitrogen and oxygen atoms in total. The zero-order chi connectivity index (χ0) is 24.9. The van der Waals surface area contributed by atoms with Crippen LogP contribution in [0.1, 0.15) is 29.7 Å². The number of hydrogen-bond acceptors (Lipinski definition) is 7. The molecule has 2 N–H and O–H groups in total. The van der Waals surface area contributed by atoms with E-state index in [0.717, 1.165) is 12.8 Å². The smallest absolute Gasteiger partial charge is 0.259 e. The molecule has 9 heteroatoms. The van der Waals surface area contributed by atoms with Crippen LogP contribution in [-0.4, -0.2) is 55.3 Å². The number of para-hydroxylation sites is 1. The number of hydrogen-bond donors (Lipinski definition) is 1. The van der Waals surface area contributed by atoms with Crippen molar-refractivity contribution in [1.29, 1.82) is 5.26 Å². The van der Waals surface area contributed by atoms with Gasteiger partial charge in [-0.3, -0.25) is 9.59 Å². The number of likely N-dealkylation sites (N-methyl/N-ethyl adjacent to an activating group) is 1. The molecule has 4 heterocycles. The number of nitriles is 1. The molecule has 0 bridgehead atoms. The molecule has 1 fully saturated rings. The van der Waals surface area contributed by atoms with Gasteiger partial charge in [-0.1, -0.05) is 18.2 Å². The first-order chi connectivity index (χ1) is 16.8. The number of anilines is 1. The first-order valence-corrected chi connectivity index (χ1v) is 11.8. The van der Waals surface area contributed by atoms with Crippen molar-refractivity contribution in [2.24, 2.45) is 5.73 Å². The van der Waals surface area contributed by atoms with Gasteiger partial charge in [-0.05, 0) is 39.9 Å². The van der Waals surface area contributed by atoms with Gasteiger partial charge in [0.15, 0.2) is 5.41 Å². The number of aryl methyl sites for hydroxylation is 1. The molecule has 3 aliphatic heterocycles. The van der Waals surface area contributed by atoms with Crippen molar-refractivity contribution < 1.29 is 14.3 Å². The number of nitrogens with zero attached hydrogens (tertiary/aromatic N) is 4. The molecule has 35 heavy (non-hydrogen) atoms. The molecule has 1 saturated heterocycles. The van der Waals surface area contributed by atoms with Gasteiger partial charge in [0, 0.05) is 42.7 Å². The van der Waals surface area contributed by atoms with E-state index in [1.807, 2.05) is 44.1 Å². The van der Waals surface area contributed by atoms with Crippen molar-refractivity contribution in [2.45, 2.75) is 37.8 Å². The van der Waals surface area contributed by atoms with Crippen LogP contribution in [0, 0.1) is 18.3 Å². The van der Waals surface area contributed by atoms with Crippen LogP contribution in [0.25, 0.3) is 0 Å². The Morgan fingerprint density at radius 1 is 1.29 bits per heavy atom. The minimum absolute atomic E-state index is 0.0580. The molecule has 0 aliphatic carbocycles. The van der Waals surface area contributed by atoms with Gasteiger partial charge >= 0.3 is 0 Å². The number of carbonyl (C=O) groups excluding carboxylic acids is 1. The summed E-state index contributed by atoms with van der Waals surface area (Å²) in [5.41, 5.74) is 6.20. The van der Waals surface area contributed by atoms with E-state index in [-0.39, 0.29) is 40.3 Å². The third-order valence-electron chi connectivity index (χ3n) is 7.15. The maximum absolute atomic E-state index is 14.4. The van der Waals surface area contributed by atoms with Crippen LogP contribution in [-0.2, 0) is 21.5 Å². The Kier molecular flexibility index (Phi) is 5.66. The van der Waals surface area contributed by atoms with Crippen LogP contribution in [0.5, 0.6) is 5.75 Å². The Morgan fingerprint density at radius 3 is 2.74 bits per heavy atom. The standard InChI is InChI=1S/C26H29N5O4/c1-16-13-21-22(24(32)30(16)11-10-29(2)3)26(19(14-27)23(28)35-21)18-8-4-5-9-20(18)31(25(26)33)15-17-7-6-12-34-17/h4-5,8-9,13,17H,6-7,10-12,15,28H2,1-3H3. The third kappa shape index (κ3) is 3.36. The Balaban J connectivity index is 1.78. The Bertz CT molecular complexity index is 1330. The molecule has 0 radical (unpaired) electrons. The lowest BCUT2D eigenvalue weighted by molar-refractivity contribution is -0.121. The molecule has 0 saturated carbocycles. The summed E-state index contributed by atoms with van der Waals surface area (Å²) >= 11 is 0. The zero-order valence-electron chi connectivity index (χ0n) is 20.2. The van der Waals surface area contributed by atoms with Gasteiger partial charge in [-0.2, -0.15) is 5.26 Å². The number of benzene rings is 1. The highest BCUT2D eigenvalue weighted by Crippen LogP contribution is 2.54. The molecule has 3 aliphatic rings. The van der Waals surface area contributed by atoms with E-state index in [9.17, 15) is 14.9 Å². The van der Waals surface area contributed by atoms with Crippen molar-refractivity contribution in [1.82, 2.24) is 9.47 Å². The molecular weight excluding hydrogens is 446 g/mol. The average Bonchev–Trinajstić information content (AvgIpc) is 3.41. The monoisotopic (exact) mass is 475 g/mol. The lowest BCUT2D eigenvalue weighted by Gasteiger charge is -2.34. The van der Waals surface area contributed by atoms with Gasteiger partial charge in [-0.25, -0.2) is 0 Å². The maximum Gasteiger partial charge on any atom is 0.259 e. The van der Waals surface area contributed by atoms with Crippen LogP contribution < -0.4 is 20.9 Å². The number of rotatable bonds is 5. The molecule has 2 aromatic rings. The summed E-state index contributed by atoms with van der Waals surface area (Å²) in [6.07, 6.45) is 1.67. The second-order valence-electron chi connectivity index (χ2n) is 9.56. The lowest BCUT2D eigenvalue weighted by atomic mass is 9.69. The van der Waals surface area contributed by atoms with E-state index in [2.05, 4.69) is 6.07 Å². The van der Waals surface area contributed by atoms with Crippen LogP contribution in [0.4, 0.5) is 5.69 Å². The first-order valence-electron chi connectivity index (χ1n) is 11.8. The predicted molar refractivity (Wildman–Crippen MR) is 130 cm³/mol. The van der Waals surface area contributed by atoms with E-state index in [0.29, 0.717) is 43.2 Å². The van der Waals surface area contributed by atoms with E-state index in [1.54, 1.807) is 21.6 Å². The van der Waals surface area contributed by atoms with Crippen molar-refractivity contribution in [2.75, 3.05) is 38.7 Å². The fourth-order valence-corrected chi connectivity index (χ4v) is 5.47. The number of pyridine rings is 1. The van der Waals surface area contributed by atoms with Crippen molar-refractivity contribution in [3.63, 3.8) is 0 Å². The number of ether oxygens (including phenoxy) is 2. The highest BCUT2D eigenvalue weighted by molar-refractivity contribution is 6.14. The van der Waals surface area contributed by atoms with Crippen molar-refractivity contribution in [3.05, 3.63) is 69.0 Å². The maximum atomic E-state index is 14.4. The summed E-state index contributed by atoms with van der Waals surface area (Å²) in [5, 5.41) is 10.2. The van der Waals surface area contributed by atoms with E-state index in [4.69, 9.17) is 15.2 Å². The largest absolute Gasteiger partial charge is 0.440 e. The van der Waals surface area contributed by atoms with Crippen LogP contribution in [0.3, 0.4) is 0 Å². The molecule has 1 aromatic heterocycles. The second-order valence-corrected chi connectivity index (χ2v) is 9.56. The van der Waals surface area contributed by atoms with Gasteiger partial charge in [0.25, 0.3) is 5.56 Å². The summed E-state index contributed by atoms with van der Waals surface area (Å²) in [7, 11) is 3.86. The molecule has 1 aromatic carbocycles. The Hall–Kier alpha value is -3.61. The van der Waals surface area contributed by atoms with Gasteiger partial charge < -0.3 is 29.6 Å².